The normalized spacial score (nSPS) is 15.3. The predicted octanol–water partition coefficient (Wildman–Crippen LogP) is 4.15. The van der Waals surface area contributed by atoms with E-state index in [1.54, 1.807) is 27.4 Å². The minimum absolute atomic E-state index is 0.135. The van der Waals surface area contributed by atoms with Crippen molar-refractivity contribution in [3.05, 3.63) is 59.2 Å². The van der Waals surface area contributed by atoms with Crippen molar-refractivity contribution in [2.24, 2.45) is 5.10 Å². The quantitative estimate of drug-likeness (QED) is 0.547. The van der Waals surface area contributed by atoms with Gasteiger partial charge in [-0.1, -0.05) is 29.8 Å². The lowest BCUT2D eigenvalue weighted by atomic mass is 9.97. The Morgan fingerprint density at radius 3 is 2.38 bits per heavy atom. The van der Waals surface area contributed by atoms with Gasteiger partial charge >= 0.3 is 6.03 Å². The third-order valence-electron chi connectivity index (χ3n) is 6.01. The van der Waals surface area contributed by atoms with Crippen LogP contribution in [-0.2, 0) is 9.53 Å². The number of hydrogen-bond donors (Lipinski definition) is 1. The van der Waals surface area contributed by atoms with Gasteiger partial charge in [0, 0.05) is 37.2 Å². The first kappa shape index (κ1) is 28.0. The minimum atomic E-state index is -0.445. The SMILES string of the molecule is COCCN(CC(=O)N1N=C(c2ccc(OC)cc2OC)C[C@H]1c1ccc(C)cc1)C(=O)NC(C)(C)C. The summed E-state index contributed by atoms with van der Waals surface area (Å²) >= 11 is 0. The second-order valence-corrected chi connectivity index (χ2v) is 10.1. The van der Waals surface area contributed by atoms with Crippen molar-refractivity contribution in [2.45, 2.75) is 45.7 Å². The molecule has 2 aromatic carbocycles. The number of rotatable bonds is 9. The van der Waals surface area contributed by atoms with Gasteiger partial charge in [-0.15, -0.1) is 0 Å². The molecule has 0 aliphatic carbocycles. The number of nitrogens with one attached hydrogen (secondary N) is 1. The average Bonchev–Trinajstić information content (AvgIpc) is 3.30. The predicted molar refractivity (Wildman–Crippen MR) is 143 cm³/mol. The summed E-state index contributed by atoms with van der Waals surface area (Å²) < 4.78 is 16.1. The molecule has 1 aliphatic heterocycles. The van der Waals surface area contributed by atoms with Crippen LogP contribution in [0.5, 0.6) is 11.5 Å². The molecule has 200 valence electrons. The van der Waals surface area contributed by atoms with Crippen molar-refractivity contribution in [2.75, 3.05) is 41.0 Å². The van der Waals surface area contributed by atoms with Crippen molar-refractivity contribution in [1.82, 2.24) is 15.2 Å². The summed E-state index contributed by atoms with van der Waals surface area (Å²) in [6.07, 6.45) is 0.504. The van der Waals surface area contributed by atoms with E-state index in [4.69, 9.17) is 19.3 Å². The number of benzene rings is 2. The van der Waals surface area contributed by atoms with E-state index in [9.17, 15) is 9.59 Å². The first-order valence-corrected chi connectivity index (χ1v) is 12.3. The van der Waals surface area contributed by atoms with Gasteiger partial charge in [-0.2, -0.15) is 5.10 Å². The summed E-state index contributed by atoms with van der Waals surface area (Å²) in [5.41, 5.74) is 3.16. The van der Waals surface area contributed by atoms with Gasteiger partial charge in [0.2, 0.25) is 0 Å². The molecule has 1 heterocycles. The lowest BCUT2D eigenvalue weighted by Crippen LogP contribution is -2.52. The number of hydrogen-bond acceptors (Lipinski definition) is 6. The highest BCUT2D eigenvalue weighted by molar-refractivity contribution is 6.05. The van der Waals surface area contributed by atoms with Crippen LogP contribution >= 0.6 is 0 Å². The average molecular weight is 511 g/mol. The van der Waals surface area contributed by atoms with Crippen LogP contribution in [0.25, 0.3) is 0 Å². The molecule has 9 nitrogen and oxygen atoms in total. The number of carbonyl (C=O) groups is 2. The Hall–Kier alpha value is -3.59. The molecular weight excluding hydrogens is 472 g/mol. The number of nitrogens with zero attached hydrogens (tertiary/aromatic N) is 3. The highest BCUT2D eigenvalue weighted by Crippen LogP contribution is 2.36. The van der Waals surface area contributed by atoms with Crippen LogP contribution in [-0.4, -0.2) is 74.1 Å². The monoisotopic (exact) mass is 510 g/mol. The fourth-order valence-electron chi connectivity index (χ4n) is 4.08. The molecule has 0 saturated heterocycles. The van der Waals surface area contributed by atoms with E-state index in [1.165, 1.54) is 9.91 Å². The molecule has 0 bridgehead atoms. The molecule has 3 rings (SSSR count). The first-order chi connectivity index (χ1) is 17.6. The fourth-order valence-corrected chi connectivity index (χ4v) is 4.08. The molecule has 0 saturated carbocycles. The van der Waals surface area contributed by atoms with Gasteiger partial charge in [0.05, 0.1) is 32.6 Å². The van der Waals surface area contributed by atoms with Gasteiger partial charge in [-0.25, -0.2) is 9.80 Å². The van der Waals surface area contributed by atoms with Gasteiger partial charge in [0.15, 0.2) is 0 Å². The van der Waals surface area contributed by atoms with Crippen molar-refractivity contribution in [1.29, 1.82) is 0 Å². The molecule has 0 spiro atoms. The standard InChI is InChI=1S/C28H38N4O5/c1-19-8-10-20(11-9-19)24-17-23(22-13-12-21(36-6)16-25(22)37-7)30-32(24)26(33)18-31(14-15-35-5)27(34)29-28(2,3)4/h8-13,16,24H,14-15,17-18H2,1-7H3,(H,29,34)/t24-/m0/s1. The topological polar surface area (TPSA) is 92.7 Å². The maximum Gasteiger partial charge on any atom is 0.318 e. The van der Waals surface area contributed by atoms with Crippen molar-refractivity contribution >= 4 is 17.6 Å². The van der Waals surface area contributed by atoms with Crippen molar-refractivity contribution in [3.8, 4) is 11.5 Å². The summed E-state index contributed by atoms with van der Waals surface area (Å²) in [7, 11) is 4.75. The van der Waals surface area contributed by atoms with Crippen LogP contribution in [0.15, 0.2) is 47.6 Å². The highest BCUT2D eigenvalue weighted by atomic mass is 16.5. The van der Waals surface area contributed by atoms with Gasteiger partial charge in [0.1, 0.15) is 18.0 Å². The van der Waals surface area contributed by atoms with Gasteiger partial charge < -0.3 is 24.4 Å². The van der Waals surface area contributed by atoms with Gasteiger partial charge in [0.25, 0.3) is 5.91 Å². The zero-order chi connectivity index (χ0) is 27.2. The van der Waals surface area contributed by atoms with Crippen LogP contribution in [0.1, 0.15) is 49.9 Å². The number of ether oxygens (including phenoxy) is 3. The Balaban J connectivity index is 1.95. The Bertz CT molecular complexity index is 1120. The summed E-state index contributed by atoms with van der Waals surface area (Å²) in [6, 6.07) is 12.9. The second kappa shape index (κ2) is 12.1. The number of amides is 3. The summed E-state index contributed by atoms with van der Waals surface area (Å²) in [6.45, 7) is 8.16. The third kappa shape index (κ3) is 7.22. The van der Waals surface area contributed by atoms with E-state index in [2.05, 4.69) is 5.32 Å². The largest absolute Gasteiger partial charge is 0.497 e. The number of aryl methyl sites for hydroxylation is 1. The zero-order valence-electron chi connectivity index (χ0n) is 22.8. The Morgan fingerprint density at radius 1 is 1.08 bits per heavy atom. The van der Waals surface area contributed by atoms with E-state index >= 15 is 0 Å². The molecule has 0 radical (unpaired) electrons. The Labute approximate surface area is 219 Å². The van der Waals surface area contributed by atoms with Crippen LogP contribution in [0.4, 0.5) is 4.79 Å². The Kier molecular flexibility index (Phi) is 9.15. The lowest BCUT2D eigenvalue weighted by molar-refractivity contribution is -0.133. The second-order valence-electron chi connectivity index (χ2n) is 10.1. The lowest BCUT2D eigenvalue weighted by Gasteiger charge is -2.30. The summed E-state index contributed by atoms with van der Waals surface area (Å²) in [5, 5.41) is 9.18. The molecule has 37 heavy (non-hydrogen) atoms. The third-order valence-corrected chi connectivity index (χ3v) is 6.01. The van der Waals surface area contributed by atoms with E-state index in [0.29, 0.717) is 24.5 Å². The number of urea groups is 1. The van der Waals surface area contributed by atoms with Crippen molar-refractivity contribution < 1.29 is 23.8 Å². The van der Waals surface area contributed by atoms with E-state index in [1.807, 2.05) is 64.1 Å². The molecule has 9 heteroatoms. The molecule has 1 N–H and O–H groups in total. The number of hydrazone groups is 1. The molecule has 1 atom stereocenters. The van der Waals surface area contributed by atoms with Crippen molar-refractivity contribution in [3.63, 3.8) is 0 Å². The molecule has 1 aliphatic rings. The summed E-state index contributed by atoms with van der Waals surface area (Å²) in [5.74, 6) is 0.996. The summed E-state index contributed by atoms with van der Waals surface area (Å²) in [4.78, 5) is 28.1. The van der Waals surface area contributed by atoms with E-state index in [-0.39, 0.29) is 31.1 Å². The molecule has 0 fully saturated rings. The molecular formula is C28H38N4O5. The van der Waals surface area contributed by atoms with Crippen LogP contribution in [0.2, 0.25) is 0 Å². The number of methoxy groups -OCH3 is 3. The van der Waals surface area contributed by atoms with E-state index < -0.39 is 5.54 Å². The first-order valence-electron chi connectivity index (χ1n) is 12.3. The van der Waals surface area contributed by atoms with Crippen LogP contribution < -0.4 is 14.8 Å². The molecule has 3 amide bonds. The smallest absolute Gasteiger partial charge is 0.318 e. The molecule has 2 aromatic rings. The number of carbonyl (C=O) groups excluding carboxylic acids is 2. The highest BCUT2D eigenvalue weighted by Gasteiger charge is 2.35. The van der Waals surface area contributed by atoms with Gasteiger partial charge in [-0.05, 0) is 45.4 Å². The maximum absolute atomic E-state index is 13.7. The molecule has 0 unspecified atom stereocenters. The zero-order valence-corrected chi connectivity index (χ0v) is 22.8. The molecule has 0 aromatic heterocycles. The fraction of sp³-hybridized carbons (Fsp3) is 0.464. The maximum atomic E-state index is 13.7. The minimum Gasteiger partial charge on any atom is -0.497 e. The van der Waals surface area contributed by atoms with Crippen LogP contribution in [0.3, 0.4) is 0 Å². The van der Waals surface area contributed by atoms with Gasteiger partial charge in [-0.3, -0.25) is 4.79 Å². The van der Waals surface area contributed by atoms with Crippen LogP contribution in [0, 0.1) is 6.92 Å². The van der Waals surface area contributed by atoms with E-state index in [0.717, 1.165) is 22.4 Å². The Morgan fingerprint density at radius 2 is 1.78 bits per heavy atom.